The number of carbonyl (C=O) groups is 1. The third kappa shape index (κ3) is 3.53. The highest BCUT2D eigenvalue weighted by Gasteiger charge is 2.13. The van der Waals surface area contributed by atoms with Crippen LogP contribution in [-0.4, -0.2) is 11.1 Å². The lowest BCUT2D eigenvalue weighted by molar-refractivity contribution is -0.137. The summed E-state index contributed by atoms with van der Waals surface area (Å²) in [6.45, 7) is 3.96. The Morgan fingerprint density at radius 2 is 2.07 bits per heavy atom. The molecule has 0 amide bonds. The highest BCUT2D eigenvalue weighted by Crippen LogP contribution is 2.20. The Hall–Kier alpha value is -1.06. The highest BCUT2D eigenvalue weighted by molar-refractivity contribution is 5.85. The minimum absolute atomic E-state index is 0. The number of carboxylic acids is 1. The quantitative estimate of drug-likeness (QED) is 0.835. The second kappa shape index (κ2) is 5.73. The summed E-state index contributed by atoms with van der Waals surface area (Å²) in [6, 6.07) is 5.37. The fourth-order valence-electron chi connectivity index (χ4n) is 1.47. The molecule has 0 aromatic heterocycles. The molecule has 4 heteroatoms. The van der Waals surface area contributed by atoms with E-state index in [2.05, 4.69) is 0 Å². The van der Waals surface area contributed by atoms with Crippen LogP contribution in [0.15, 0.2) is 18.2 Å². The molecule has 0 aliphatic rings. The SMILES string of the molecule is Cc1cccc([C@@H](N)CC(=O)O)c1C.Cl. The average Bonchev–Trinajstić information content (AvgIpc) is 2.08. The molecule has 3 N–H and O–H groups in total. The minimum Gasteiger partial charge on any atom is -0.481 e. The summed E-state index contributed by atoms with van der Waals surface area (Å²) in [7, 11) is 0. The molecule has 84 valence electrons. The smallest absolute Gasteiger partial charge is 0.305 e. The predicted octanol–water partition coefficient (Wildman–Crippen LogP) is 2.20. The lowest BCUT2D eigenvalue weighted by atomic mass is 9.96. The maximum Gasteiger partial charge on any atom is 0.305 e. The molecule has 15 heavy (non-hydrogen) atoms. The maximum atomic E-state index is 10.5. The van der Waals surface area contributed by atoms with E-state index in [0.717, 1.165) is 16.7 Å². The topological polar surface area (TPSA) is 63.3 Å². The van der Waals surface area contributed by atoms with Crippen LogP contribution in [0.2, 0.25) is 0 Å². The average molecular weight is 230 g/mol. The molecule has 0 saturated heterocycles. The van der Waals surface area contributed by atoms with Gasteiger partial charge in [-0.05, 0) is 30.5 Å². The summed E-state index contributed by atoms with van der Waals surface area (Å²) < 4.78 is 0. The van der Waals surface area contributed by atoms with Crippen molar-refractivity contribution in [2.75, 3.05) is 0 Å². The lowest BCUT2D eigenvalue weighted by Gasteiger charge is -2.14. The normalized spacial score (nSPS) is 11.7. The van der Waals surface area contributed by atoms with E-state index in [9.17, 15) is 4.79 Å². The van der Waals surface area contributed by atoms with Crippen molar-refractivity contribution < 1.29 is 9.90 Å². The van der Waals surface area contributed by atoms with E-state index in [1.54, 1.807) is 0 Å². The van der Waals surface area contributed by atoms with Crippen LogP contribution >= 0.6 is 12.4 Å². The Morgan fingerprint density at radius 1 is 1.47 bits per heavy atom. The molecule has 0 saturated carbocycles. The van der Waals surface area contributed by atoms with Crippen molar-refractivity contribution in [3.63, 3.8) is 0 Å². The standard InChI is InChI=1S/C11H15NO2.ClH/c1-7-4-3-5-9(8(7)2)10(12)6-11(13)14;/h3-5,10H,6,12H2,1-2H3,(H,13,14);1H/t10-;/m0./s1. The van der Waals surface area contributed by atoms with E-state index < -0.39 is 12.0 Å². The summed E-state index contributed by atoms with van der Waals surface area (Å²) in [5, 5.41) is 8.63. The molecular weight excluding hydrogens is 214 g/mol. The number of hydrogen-bond donors (Lipinski definition) is 2. The van der Waals surface area contributed by atoms with Gasteiger partial charge in [0.25, 0.3) is 0 Å². The fraction of sp³-hybridized carbons (Fsp3) is 0.364. The third-order valence-corrected chi connectivity index (χ3v) is 2.44. The molecule has 0 heterocycles. The Balaban J connectivity index is 0.00000196. The number of nitrogens with two attached hydrogens (primary N) is 1. The number of hydrogen-bond acceptors (Lipinski definition) is 2. The molecule has 0 fully saturated rings. The molecule has 0 unspecified atom stereocenters. The van der Waals surface area contributed by atoms with Crippen molar-refractivity contribution in [2.45, 2.75) is 26.3 Å². The van der Waals surface area contributed by atoms with E-state index in [1.807, 2.05) is 32.0 Å². The Morgan fingerprint density at radius 3 is 2.60 bits per heavy atom. The van der Waals surface area contributed by atoms with Crippen LogP contribution in [0.4, 0.5) is 0 Å². The Labute approximate surface area is 95.7 Å². The van der Waals surface area contributed by atoms with Gasteiger partial charge in [0.1, 0.15) is 0 Å². The second-order valence-corrected chi connectivity index (χ2v) is 3.49. The molecule has 1 aromatic carbocycles. The monoisotopic (exact) mass is 229 g/mol. The number of carboxylic acid groups (broad SMARTS) is 1. The van der Waals surface area contributed by atoms with Crippen LogP contribution in [0.25, 0.3) is 0 Å². The van der Waals surface area contributed by atoms with Gasteiger partial charge in [-0.3, -0.25) is 4.79 Å². The summed E-state index contributed by atoms with van der Waals surface area (Å²) in [5.74, 6) is -0.863. The van der Waals surface area contributed by atoms with Crippen molar-refractivity contribution in [3.05, 3.63) is 34.9 Å². The Kier molecular flexibility index (Phi) is 5.33. The van der Waals surface area contributed by atoms with E-state index in [1.165, 1.54) is 0 Å². The van der Waals surface area contributed by atoms with Crippen molar-refractivity contribution in [2.24, 2.45) is 5.73 Å². The first-order valence-corrected chi connectivity index (χ1v) is 4.56. The molecule has 1 aromatic rings. The summed E-state index contributed by atoms with van der Waals surface area (Å²) >= 11 is 0. The fourth-order valence-corrected chi connectivity index (χ4v) is 1.47. The van der Waals surface area contributed by atoms with E-state index in [-0.39, 0.29) is 18.8 Å². The molecule has 1 atom stereocenters. The van der Waals surface area contributed by atoms with Crippen LogP contribution in [0, 0.1) is 13.8 Å². The molecule has 1 rings (SSSR count). The number of rotatable bonds is 3. The summed E-state index contributed by atoms with van der Waals surface area (Å²) in [6.07, 6.45) is -0.0235. The molecule has 0 spiro atoms. The van der Waals surface area contributed by atoms with Gasteiger partial charge in [0.2, 0.25) is 0 Å². The molecule has 3 nitrogen and oxygen atoms in total. The van der Waals surface area contributed by atoms with Gasteiger partial charge >= 0.3 is 5.97 Å². The van der Waals surface area contributed by atoms with E-state index in [4.69, 9.17) is 10.8 Å². The van der Waals surface area contributed by atoms with Crippen LogP contribution in [-0.2, 0) is 4.79 Å². The van der Waals surface area contributed by atoms with Crippen molar-refractivity contribution in [1.82, 2.24) is 0 Å². The first kappa shape index (κ1) is 13.9. The predicted molar refractivity (Wildman–Crippen MR) is 62.3 cm³/mol. The zero-order valence-corrected chi connectivity index (χ0v) is 9.67. The molecular formula is C11H16ClNO2. The van der Waals surface area contributed by atoms with Gasteiger partial charge in [-0.25, -0.2) is 0 Å². The third-order valence-electron chi connectivity index (χ3n) is 2.44. The first-order chi connectivity index (χ1) is 6.52. The van der Waals surface area contributed by atoms with Gasteiger partial charge in [0.15, 0.2) is 0 Å². The summed E-state index contributed by atoms with van der Waals surface area (Å²) in [5.41, 5.74) is 8.93. The maximum absolute atomic E-state index is 10.5. The zero-order valence-electron chi connectivity index (χ0n) is 8.86. The highest BCUT2D eigenvalue weighted by atomic mass is 35.5. The number of aliphatic carboxylic acids is 1. The van der Waals surface area contributed by atoms with Crippen LogP contribution in [0.3, 0.4) is 0 Å². The first-order valence-electron chi connectivity index (χ1n) is 4.56. The van der Waals surface area contributed by atoms with Gasteiger partial charge in [-0.2, -0.15) is 0 Å². The zero-order chi connectivity index (χ0) is 10.7. The largest absolute Gasteiger partial charge is 0.481 e. The van der Waals surface area contributed by atoms with Crippen molar-refractivity contribution >= 4 is 18.4 Å². The second-order valence-electron chi connectivity index (χ2n) is 3.49. The van der Waals surface area contributed by atoms with Gasteiger partial charge in [0.05, 0.1) is 6.42 Å². The van der Waals surface area contributed by atoms with Gasteiger partial charge < -0.3 is 10.8 Å². The molecule has 0 bridgehead atoms. The van der Waals surface area contributed by atoms with E-state index >= 15 is 0 Å². The van der Waals surface area contributed by atoms with Crippen molar-refractivity contribution in [1.29, 1.82) is 0 Å². The van der Waals surface area contributed by atoms with Gasteiger partial charge in [-0.1, -0.05) is 18.2 Å². The van der Waals surface area contributed by atoms with E-state index in [0.29, 0.717) is 0 Å². The van der Waals surface area contributed by atoms with Crippen molar-refractivity contribution in [3.8, 4) is 0 Å². The van der Waals surface area contributed by atoms with Crippen LogP contribution in [0.5, 0.6) is 0 Å². The molecule has 0 aliphatic heterocycles. The van der Waals surface area contributed by atoms with Gasteiger partial charge in [0, 0.05) is 6.04 Å². The van der Waals surface area contributed by atoms with Crippen LogP contribution < -0.4 is 5.73 Å². The van der Waals surface area contributed by atoms with Crippen LogP contribution in [0.1, 0.15) is 29.2 Å². The number of aryl methyl sites for hydroxylation is 1. The minimum atomic E-state index is -0.863. The number of benzene rings is 1. The molecule has 0 radical (unpaired) electrons. The Bertz CT molecular complexity index is 352. The summed E-state index contributed by atoms with van der Waals surface area (Å²) in [4.78, 5) is 10.5. The van der Waals surface area contributed by atoms with Gasteiger partial charge in [-0.15, -0.1) is 12.4 Å². The molecule has 0 aliphatic carbocycles. The lowest BCUT2D eigenvalue weighted by Crippen LogP contribution is -2.16. The number of halogens is 1.